The molecule has 0 bridgehead atoms. The summed E-state index contributed by atoms with van der Waals surface area (Å²) < 4.78 is 0. The van der Waals surface area contributed by atoms with Gasteiger partial charge in [0, 0.05) is 24.4 Å². The SMILES string of the molecule is CCc1ccc(C(C)NC(=O)C(=O)Nc2nc3c(s2)CN(C)CC3)cc1. The Labute approximate surface area is 157 Å². The Kier molecular flexibility index (Phi) is 5.68. The molecule has 2 aromatic rings. The van der Waals surface area contributed by atoms with Crippen molar-refractivity contribution in [2.45, 2.75) is 39.3 Å². The summed E-state index contributed by atoms with van der Waals surface area (Å²) in [4.78, 5) is 32.2. The van der Waals surface area contributed by atoms with Crippen LogP contribution in [0.3, 0.4) is 0 Å². The van der Waals surface area contributed by atoms with Gasteiger partial charge in [-0.1, -0.05) is 31.2 Å². The number of hydrogen-bond acceptors (Lipinski definition) is 5. The third-order valence-corrected chi connectivity index (χ3v) is 5.58. The highest BCUT2D eigenvalue weighted by molar-refractivity contribution is 7.16. The summed E-state index contributed by atoms with van der Waals surface area (Å²) in [5.74, 6) is -1.33. The van der Waals surface area contributed by atoms with E-state index in [2.05, 4.69) is 34.5 Å². The number of aromatic nitrogens is 1. The van der Waals surface area contributed by atoms with Crippen molar-refractivity contribution < 1.29 is 9.59 Å². The summed E-state index contributed by atoms with van der Waals surface area (Å²) >= 11 is 1.44. The van der Waals surface area contributed by atoms with Crippen LogP contribution in [0, 0.1) is 0 Å². The Bertz CT molecular complexity index is 800. The van der Waals surface area contributed by atoms with Gasteiger partial charge in [0.25, 0.3) is 0 Å². The van der Waals surface area contributed by atoms with Crippen LogP contribution in [0.4, 0.5) is 5.13 Å². The fourth-order valence-electron chi connectivity index (χ4n) is 2.92. The summed E-state index contributed by atoms with van der Waals surface area (Å²) in [6.45, 7) is 5.75. The molecule has 1 aromatic heterocycles. The largest absolute Gasteiger partial charge is 0.341 e. The number of fused-ring (bicyclic) bond motifs is 1. The van der Waals surface area contributed by atoms with Crippen molar-refractivity contribution in [1.29, 1.82) is 0 Å². The minimum Gasteiger partial charge on any atom is -0.341 e. The zero-order valence-electron chi connectivity index (χ0n) is 15.3. The molecule has 138 valence electrons. The number of rotatable bonds is 4. The first-order chi connectivity index (χ1) is 12.5. The van der Waals surface area contributed by atoms with E-state index in [1.165, 1.54) is 16.9 Å². The molecule has 0 spiro atoms. The van der Waals surface area contributed by atoms with Gasteiger partial charge in [-0.15, -0.1) is 11.3 Å². The predicted molar refractivity (Wildman–Crippen MR) is 103 cm³/mol. The highest BCUT2D eigenvalue weighted by atomic mass is 32.1. The molecule has 2 amide bonds. The van der Waals surface area contributed by atoms with Gasteiger partial charge in [-0.05, 0) is 31.5 Å². The minimum atomic E-state index is -0.679. The smallest absolute Gasteiger partial charge is 0.315 e. The van der Waals surface area contributed by atoms with Gasteiger partial charge in [-0.2, -0.15) is 0 Å². The van der Waals surface area contributed by atoms with Crippen LogP contribution in [0.2, 0.25) is 0 Å². The monoisotopic (exact) mass is 372 g/mol. The van der Waals surface area contributed by atoms with Crippen LogP contribution in [-0.4, -0.2) is 35.3 Å². The third kappa shape index (κ3) is 4.28. The van der Waals surface area contributed by atoms with Crippen LogP contribution in [-0.2, 0) is 29.0 Å². The van der Waals surface area contributed by atoms with Crippen LogP contribution < -0.4 is 10.6 Å². The lowest BCUT2D eigenvalue weighted by atomic mass is 10.1. The van der Waals surface area contributed by atoms with Crippen molar-refractivity contribution in [2.24, 2.45) is 0 Å². The molecule has 0 radical (unpaired) electrons. The topological polar surface area (TPSA) is 74.3 Å². The van der Waals surface area contributed by atoms with Crippen molar-refractivity contribution in [2.75, 3.05) is 18.9 Å². The van der Waals surface area contributed by atoms with E-state index in [0.717, 1.165) is 42.1 Å². The molecule has 3 rings (SSSR count). The summed E-state index contributed by atoms with van der Waals surface area (Å²) in [5, 5.41) is 5.86. The normalized spacial score (nSPS) is 15.2. The van der Waals surface area contributed by atoms with Gasteiger partial charge < -0.3 is 10.2 Å². The highest BCUT2D eigenvalue weighted by Gasteiger charge is 2.22. The Morgan fingerprint density at radius 3 is 2.69 bits per heavy atom. The van der Waals surface area contributed by atoms with Crippen LogP contribution in [0.15, 0.2) is 24.3 Å². The van der Waals surface area contributed by atoms with Gasteiger partial charge in [0.2, 0.25) is 0 Å². The van der Waals surface area contributed by atoms with Gasteiger partial charge in [0.05, 0.1) is 11.7 Å². The van der Waals surface area contributed by atoms with Crippen molar-refractivity contribution in [3.05, 3.63) is 46.0 Å². The number of amides is 2. The summed E-state index contributed by atoms with van der Waals surface area (Å²) in [5.41, 5.74) is 3.23. The third-order valence-electron chi connectivity index (χ3n) is 4.58. The fourth-order valence-corrected chi connectivity index (χ4v) is 4.00. The molecule has 1 atom stereocenters. The number of likely N-dealkylation sites (N-methyl/N-ethyl adjacent to an activating group) is 1. The highest BCUT2D eigenvalue weighted by Crippen LogP contribution is 2.27. The molecule has 1 aliphatic heterocycles. The second kappa shape index (κ2) is 7.97. The van der Waals surface area contributed by atoms with Crippen LogP contribution in [0.25, 0.3) is 0 Å². The molecule has 1 aliphatic rings. The molecule has 0 fully saturated rings. The Hall–Kier alpha value is -2.25. The summed E-state index contributed by atoms with van der Waals surface area (Å²) in [6.07, 6.45) is 1.84. The van der Waals surface area contributed by atoms with Gasteiger partial charge in [-0.3, -0.25) is 14.9 Å². The lowest BCUT2D eigenvalue weighted by molar-refractivity contribution is -0.136. The molecular formula is C19H24N4O2S. The maximum absolute atomic E-state index is 12.2. The molecule has 2 N–H and O–H groups in total. The zero-order chi connectivity index (χ0) is 18.7. The van der Waals surface area contributed by atoms with Crippen LogP contribution in [0.5, 0.6) is 0 Å². The first kappa shape index (κ1) is 18.5. The van der Waals surface area contributed by atoms with Crippen LogP contribution in [0.1, 0.15) is 41.6 Å². The lowest BCUT2D eigenvalue weighted by Crippen LogP contribution is -2.36. The number of carbonyl (C=O) groups excluding carboxylic acids is 2. The van der Waals surface area contributed by atoms with Crippen molar-refractivity contribution in [3.63, 3.8) is 0 Å². The van der Waals surface area contributed by atoms with Crippen molar-refractivity contribution in [1.82, 2.24) is 15.2 Å². The Morgan fingerprint density at radius 1 is 1.27 bits per heavy atom. The van der Waals surface area contributed by atoms with Gasteiger partial charge >= 0.3 is 11.8 Å². The van der Waals surface area contributed by atoms with Crippen molar-refractivity contribution >= 4 is 28.3 Å². The molecule has 0 aliphatic carbocycles. The van der Waals surface area contributed by atoms with E-state index in [0.29, 0.717) is 5.13 Å². The quantitative estimate of drug-likeness (QED) is 0.809. The van der Waals surface area contributed by atoms with E-state index in [4.69, 9.17) is 0 Å². The standard InChI is InChI=1S/C19H24N4O2S/c1-4-13-5-7-14(8-6-13)12(2)20-17(24)18(25)22-19-21-15-9-10-23(3)11-16(15)26-19/h5-8,12H,4,9-11H2,1-3H3,(H,20,24)(H,21,22,25). The number of benzene rings is 1. The maximum atomic E-state index is 12.2. The molecule has 6 nitrogen and oxygen atoms in total. The number of nitrogens with one attached hydrogen (secondary N) is 2. The van der Waals surface area contributed by atoms with Gasteiger partial charge in [-0.25, -0.2) is 4.98 Å². The number of thiazole rings is 1. The zero-order valence-corrected chi connectivity index (χ0v) is 16.2. The number of hydrogen-bond donors (Lipinski definition) is 2. The van der Waals surface area contributed by atoms with Gasteiger partial charge in [0.1, 0.15) is 0 Å². The summed E-state index contributed by atoms with van der Waals surface area (Å²) in [6, 6.07) is 7.79. The number of nitrogens with zero attached hydrogens (tertiary/aromatic N) is 2. The molecule has 1 aromatic carbocycles. The number of carbonyl (C=O) groups is 2. The average Bonchev–Trinajstić information content (AvgIpc) is 3.02. The van der Waals surface area contributed by atoms with E-state index < -0.39 is 11.8 Å². The van der Waals surface area contributed by atoms with E-state index in [-0.39, 0.29) is 6.04 Å². The van der Waals surface area contributed by atoms with Crippen molar-refractivity contribution in [3.8, 4) is 0 Å². The first-order valence-electron chi connectivity index (χ1n) is 8.84. The predicted octanol–water partition coefficient (Wildman–Crippen LogP) is 2.51. The fraction of sp³-hybridized carbons (Fsp3) is 0.421. The molecule has 26 heavy (non-hydrogen) atoms. The maximum Gasteiger partial charge on any atom is 0.315 e. The number of anilines is 1. The van der Waals surface area contributed by atoms with E-state index >= 15 is 0 Å². The van der Waals surface area contributed by atoms with Crippen LogP contribution >= 0.6 is 11.3 Å². The van der Waals surface area contributed by atoms with Gasteiger partial charge in [0.15, 0.2) is 5.13 Å². The number of aryl methyl sites for hydroxylation is 1. The molecule has 0 saturated heterocycles. The van der Waals surface area contributed by atoms with E-state index in [9.17, 15) is 9.59 Å². The molecule has 2 heterocycles. The summed E-state index contributed by atoms with van der Waals surface area (Å²) in [7, 11) is 2.06. The average molecular weight is 372 g/mol. The second-order valence-corrected chi connectivity index (χ2v) is 7.70. The molecular weight excluding hydrogens is 348 g/mol. The second-order valence-electron chi connectivity index (χ2n) is 6.62. The minimum absolute atomic E-state index is 0.239. The molecule has 7 heteroatoms. The van der Waals surface area contributed by atoms with E-state index in [1.54, 1.807) is 0 Å². The lowest BCUT2D eigenvalue weighted by Gasteiger charge is -2.20. The molecule has 1 unspecified atom stereocenters. The Morgan fingerprint density at radius 2 is 2.00 bits per heavy atom. The molecule has 0 saturated carbocycles. The first-order valence-corrected chi connectivity index (χ1v) is 9.65. The van der Waals surface area contributed by atoms with E-state index in [1.807, 2.05) is 31.2 Å². The Balaban J connectivity index is 1.58.